The van der Waals surface area contributed by atoms with Gasteiger partial charge in [0.2, 0.25) is 6.20 Å². The van der Waals surface area contributed by atoms with Gasteiger partial charge in [-0.05, 0) is 6.92 Å². The van der Waals surface area contributed by atoms with Crippen molar-refractivity contribution in [1.29, 1.82) is 0 Å². The van der Waals surface area contributed by atoms with Crippen molar-refractivity contribution in [1.82, 2.24) is 4.68 Å². The van der Waals surface area contributed by atoms with Crippen LogP contribution in [0.2, 0.25) is 0 Å². The first kappa shape index (κ1) is 5.15. The maximum absolute atomic E-state index is 10.5. The lowest BCUT2D eigenvalue weighted by Crippen LogP contribution is -2.35. The van der Waals surface area contributed by atoms with Crippen molar-refractivity contribution >= 4 is 0 Å². The van der Waals surface area contributed by atoms with Gasteiger partial charge in [-0.25, -0.2) is 0 Å². The molecule has 0 bridgehead atoms. The SMILES string of the molecule is CCn1ccc[n+]1[O-]. The smallest absolute Gasteiger partial charge is 0.209 e. The lowest BCUT2D eigenvalue weighted by molar-refractivity contribution is -0.694. The average Bonchev–Trinajstić information content (AvgIpc) is 2.14. The molecule has 0 saturated heterocycles. The fraction of sp³-hybridized carbons (Fsp3) is 0.400. The van der Waals surface area contributed by atoms with E-state index in [1.165, 1.54) is 6.20 Å². The highest BCUT2D eigenvalue weighted by molar-refractivity contribution is 4.71. The third-order valence-corrected chi connectivity index (χ3v) is 1.05. The first-order valence-corrected chi connectivity index (χ1v) is 2.59. The van der Waals surface area contributed by atoms with E-state index in [-0.39, 0.29) is 0 Å². The van der Waals surface area contributed by atoms with E-state index in [9.17, 15) is 5.21 Å². The third kappa shape index (κ3) is 0.665. The number of nitrogens with zero attached hydrogens (tertiary/aromatic N) is 2. The van der Waals surface area contributed by atoms with Crippen LogP contribution in [0.25, 0.3) is 0 Å². The molecule has 44 valence electrons. The van der Waals surface area contributed by atoms with Crippen LogP contribution in [0, 0.1) is 5.21 Å². The van der Waals surface area contributed by atoms with Gasteiger partial charge in [-0.1, -0.05) is 4.85 Å². The molecule has 0 unspecified atom stereocenters. The Morgan fingerprint density at radius 1 is 1.75 bits per heavy atom. The lowest BCUT2D eigenvalue weighted by Gasteiger charge is -1.95. The molecule has 0 aromatic carbocycles. The Morgan fingerprint density at radius 2 is 2.50 bits per heavy atom. The van der Waals surface area contributed by atoms with E-state index < -0.39 is 0 Å². The van der Waals surface area contributed by atoms with E-state index >= 15 is 0 Å². The van der Waals surface area contributed by atoms with Gasteiger partial charge in [-0.2, -0.15) is 0 Å². The van der Waals surface area contributed by atoms with Crippen molar-refractivity contribution in [3.63, 3.8) is 0 Å². The number of hydrogen-bond donors (Lipinski definition) is 0. The fourth-order valence-electron chi connectivity index (χ4n) is 0.608. The van der Waals surface area contributed by atoms with Gasteiger partial charge in [0, 0.05) is 6.07 Å². The van der Waals surface area contributed by atoms with Crippen molar-refractivity contribution in [2.45, 2.75) is 13.5 Å². The zero-order chi connectivity index (χ0) is 5.98. The van der Waals surface area contributed by atoms with Gasteiger partial charge in [0.15, 0.2) is 0 Å². The van der Waals surface area contributed by atoms with Crippen molar-refractivity contribution in [3.05, 3.63) is 23.7 Å². The van der Waals surface area contributed by atoms with Crippen LogP contribution < -0.4 is 4.85 Å². The topological polar surface area (TPSA) is 31.9 Å². The van der Waals surface area contributed by atoms with Gasteiger partial charge < -0.3 is 5.21 Å². The molecule has 0 aliphatic heterocycles. The molecule has 0 amide bonds. The van der Waals surface area contributed by atoms with Gasteiger partial charge in [0.25, 0.3) is 0 Å². The second kappa shape index (κ2) is 1.86. The molecule has 0 spiro atoms. The molecule has 0 aliphatic carbocycles. The van der Waals surface area contributed by atoms with Gasteiger partial charge in [-0.3, -0.25) is 0 Å². The summed E-state index contributed by atoms with van der Waals surface area (Å²) in [5.41, 5.74) is 0. The summed E-state index contributed by atoms with van der Waals surface area (Å²) in [6.45, 7) is 2.66. The van der Waals surface area contributed by atoms with Crippen molar-refractivity contribution in [3.8, 4) is 0 Å². The molecule has 0 atom stereocenters. The molecule has 3 heteroatoms. The highest BCUT2D eigenvalue weighted by Crippen LogP contribution is 1.77. The van der Waals surface area contributed by atoms with E-state index in [4.69, 9.17) is 0 Å². The first-order chi connectivity index (χ1) is 3.84. The molecule has 0 saturated carbocycles. The van der Waals surface area contributed by atoms with Gasteiger partial charge in [0.1, 0.15) is 0 Å². The average molecular weight is 112 g/mol. The highest BCUT2D eigenvalue weighted by Gasteiger charge is 1.92. The van der Waals surface area contributed by atoms with Crippen LogP contribution in [-0.2, 0) is 6.54 Å². The minimum atomic E-state index is 0.733. The molecule has 0 N–H and O–H groups in total. The van der Waals surface area contributed by atoms with Crippen molar-refractivity contribution in [2.75, 3.05) is 0 Å². The van der Waals surface area contributed by atoms with Gasteiger partial charge >= 0.3 is 0 Å². The van der Waals surface area contributed by atoms with Crippen LogP contribution >= 0.6 is 0 Å². The maximum Gasteiger partial charge on any atom is 0.209 e. The molecule has 3 nitrogen and oxygen atoms in total. The van der Waals surface area contributed by atoms with Crippen LogP contribution in [-0.4, -0.2) is 4.68 Å². The van der Waals surface area contributed by atoms with Crippen LogP contribution in [0.3, 0.4) is 0 Å². The molecule has 0 radical (unpaired) electrons. The maximum atomic E-state index is 10.5. The second-order valence-electron chi connectivity index (χ2n) is 1.55. The van der Waals surface area contributed by atoms with Crippen LogP contribution in [0.4, 0.5) is 0 Å². The number of rotatable bonds is 1. The van der Waals surface area contributed by atoms with E-state index in [0.717, 1.165) is 11.4 Å². The van der Waals surface area contributed by atoms with Gasteiger partial charge in [-0.15, -0.1) is 4.68 Å². The van der Waals surface area contributed by atoms with E-state index in [1.54, 1.807) is 16.9 Å². The molecular weight excluding hydrogens is 104 g/mol. The summed E-state index contributed by atoms with van der Waals surface area (Å²) >= 11 is 0. The normalized spacial score (nSPS) is 9.62. The molecule has 1 aromatic rings. The fourth-order valence-corrected chi connectivity index (χ4v) is 0.608. The summed E-state index contributed by atoms with van der Waals surface area (Å²) in [4.78, 5) is 0.806. The van der Waals surface area contributed by atoms with Crippen LogP contribution in [0.5, 0.6) is 0 Å². The molecule has 1 aromatic heterocycles. The first-order valence-electron chi connectivity index (χ1n) is 2.59. The number of hydrogen-bond acceptors (Lipinski definition) is 1. The number of aryl methyl sites for hydroxylation is 1. The molecular formula is C5H8N2O. The second-order valence-corrected chi connectivity index (χ2v) is 1.55. The highest BCUT2D eigenvalue weighted by atomic mass is 16.5. The summed E-state index contributed by atoms with van der Waals surface area (Å²) in [7, 11) is 0. The summed E-state index contributed by atoms with van der Waals surface area (Å²) in [6.07, 6.45) is 3.22. The lowest BCUT2D eigenvalue weighted by atomic mass is 10.7. The number of aromatic nitrogens is 2. The summed E-state index contributed by atoms with van der Waals surface area (Å²) in [6, 6.07) is 1.72. The van der Waals surface area contributed by atoms with E-state index in [2.05, 4.69) is 0 Å². The summed E-state index contributed by atoms with van der Waals surface area (Å²) < 4.78 is 1.57. The largest absolute Gasteiger partial charge is 0.596 e. The predicted molar refractivity (Wildman–Crippen MR) is 29.1 cm³/mol. The van der Waals surface area contributed by atoms with E-state index in [0.29, 0.717) is 0 Å². The quantitative estimate of drug-likeness (QED) is 0.375. The van der Waals surface area contributed by atoms with Crippen molar-refractivity contribution in [2.24, 2.45) is 0 Å². The Hall–Kier alpha value is -0.990. The Kier molecular flexibility index (Phi) is 1.20. The van der Waals surface area contributed by atoms with Crippen LogP contribution in [0.15, 0.2) is 18.5 Å². The Labute approximate surface area is 47.7 Å². The third-order valence-electron chi connectivity index (χ3n) is 1.05. The molecule has 1 heterocycles. The minimum Gasteiger partial charge on any atom is -0.596 e. The standard InChI is InChI=1S/C5H8N2O/c1-2-6-4-3-5-7(6)8/h3-5H,2H2,1H3. The predicted octanol–water partition coefficient (Wildman–Crippen LogP) is 0.141. The molecule has 8 heavy (non-hydrogen) atoms. The molecule has 0 fully saturated rings. The van der Waals surface area contributed by atoms with Gasteiger partial charge in [0.05, 0.1) is 12.7 Å². The zero-order valence-electron chi connectivity index (χ0n) is 4.74. The summed E-state index contributed by atoms with van der Waals surface area (Å²) in [5.74, 6) is 0. The Balaban J connectivity index is 2.92. The zero-order valence-corrected chi connectivity index (χ0v) is 4.74. The van der Waals surface area contributed by atoms with Crippen molar-refractivity contribution < 1.29 is 4.85 Å². The van der Waals surface area contributed by atoms with E-state index in [1.807, 2.05) is 6.92 Å². The Bertz CT molecular complexity index is 171. The minimum absolute atomic E-state index is 0.733. The molecule has 1 rings (SSSR count). The molecule has 0 aliphatic rings. The Morgan fingerprint density at radius 3 is 2.75 bits per heavy atom. The monoisotopic (exact) mass is 112 g/mol. The summed E-state index contributed by atoms with van der Waals surface area (Å²) in [5, 5.41) is 10.5. The van der Waals surface area contributed by atoms with Crippen LogP contribution in [0.1, 0.15) is 6.92 Å².